The van der Waals surface area contributed by atoms with Gasteiger partial charge in [0.15, 0.2) is 0 Å². The van der Waals surface area contributed by atoms with Crippen molar-refractivity contribution in [2.75, 3.05) is 5.32 Å². The average molecular weight is 396 g/mol. The molecule has 0 unspecified atom stereocenters. The Morgan fingerprint density at radius 2 is 1.46 bits per heavy atom. The molecule has 0 saturated heterocycles. The molecule has 0 atom stereocenters. The van der Waals surface area contributed by atoms with Crippen molar-refractivity contribution in [3.8, 4) is 0 Å². The molecule has 0 aliphatic heterocycles. The van der Waals surface area contributed by atoms with E-state index in [9.17, 15) is 22.8 Å². The van der Waals surface area contributed by atoms with Gasteiger partial charge in [0.2, 0.25) is 11.8 Å². The quantitative estimate of drug-likeness (QED) is 0.761. The highest BCUT2D eigenvalue weighted by Crippen LogP contribution is 2.32. The first-order valence-corrected chi connectivity index (χ1v) is 10.1. The molecule has 1 aromatic carbocycles. The topological polar surface area (TPSA) is 58.2 Å². The molecule has 2 N–H and O–H groups in total. The van der Waals surface area contributed by atoms with E-state index >= 15 is 0 Å². The lowest BCUT2D eigenvalue weighted by Gasteiger charge is -2.30. The number of hydrogen-bond donors (Lipinski definition) is 2. The first kappa shape index (κ1) is 20.7. The standard InChI is InChI=1S/C21H27F3N2O2/c22-21(23,24)16-5-4-8-18(13-16)26-20(28)15-11-9-14(10-12-15)19(27)25-17-6-2-1-3-7-17/h4-5,8,13-15,17H,1-3,6-7,9-12H2,(H,25,27)(H,26,28). The summed E-state index contributed by atoms with van der Waals surface area (Å²) in [4.78, 5) is 24.9. The number of benzene rings is 1. The maximum Gasteiger partial charge on any atom is 0.416 e. The molecule has 0 heterocycles. The number of hydrogen-bond acceptors (Lipinski definition) is 2. The largest absolute Gasteiger partial charge is 0.416 e. The molecule has 2 fully saturated rings. The lowest BCUT2D eigenvalue weighted by atomic mass is 9.80. The molecule has 2 amide bonds. The summed E-state index contributed by atoms with van der Waals surface area (Å²) in [5.41, 5.74) is -0.634. The molecule has 2 saturated carbocycles. The Bertz CT molecular complexity index is 691. The second-order valence-corrected chi connectivity index (χ2v) is 7.96. The third kappa shape index (κ3) is 5.49. The smallest absolute Gasteiger partial charge is 0.353 e. The van der Waals surface area contributed by atoms with E-state index in [1.807, 2.05) is 0 Å². The predicted molar refractivity (Wildman–Crippen MR) is 101 cm³/mol. The second kappa shape index (κ2) is 8.97. The lowest BCUT2D eigenvalue weighted by molar-refractivity contribution is -0.137. The number of carbonyl (C=O) groups excluding carboxylic acids is 2. The van der Waals surface area contributed by atoms with Crippen LogP contribution in [0.25, 0.3) is 0 Å². The van der Waals surface area contributed by atoms with E-state index in [4.69, 9.17) is 0 Å². The first-order valence-electron chi connectivity index (χ1n) is 10.1. The van der Waals surface area contributed by atoms with E-state index < -0.39 is 11.7 Å². The number of rotatable bonds is 4. The van der Waals surface area contributed by atoms with Gasteiger partial charge in [0.05, 0.1) is 5.56 Å². The van der Waals surface area contributed by atoms with Crippen LogP contribution in [0.4, 0.5) is 18.9 Å². The Labute approximate surface area is 163 Å². The average Bonchev–Trinajstić information content (AvgIpc) is 2.68. The molecule has 0 radical (unpaired) electrons. The number of nitrogens with one attached hydrogen (secondary N) is 2. The van der Waals surface area contributed by atoms with Crippen molar-refractivity contribution in [1.82, 2.24) is 5.32 Å². The fraction of sp³-hybridized carbons (Fsp3) is 0.619. The van der Waals surface area contributed by atoms with E-state index in [0.717, 1.165) is 37.8 Å². The fourth-order valence-electron chi connectivity index (χ4n) is 4.20. The minimum Gasteiger partial charge on any atom is -0.353 e. The van der Waals surface area contributed by atoms with E-state index in [-0.39, 0.29) is 35.4 Å². The summed E-state index contributed by atoms with van der Waals surface area (Å²) in [6.07, 6.45) is 3.63. The zero-order valence-corrected chi connectivity index (χ0v) is 15.9. The van der Waals surface area contributed by atoms with Crippen molar-refractivity contribution < 1.29 is 22.8 Å². The molecule has 2 aliphatic carbocycles. The van der Waals surface area contributed by atoms with Crippen LogP contribution >= 0.6 is 0 Å². The molecule has 2 aliphatic rings. The van der Waals surface area contributed by atoms with Crippen LogP contribution in [-0.4, -0.2) is 17.9 Å². The Morgan fingerprint density at radius 1 is 0.857 bits per heavy atom. The van der Waals surface area contributed by atoms with Gasteiger partial charge in [0.25, 0.3) is 0 Å². The van der Waals surface area contributed by atoms with Gasteiger partial charge in [-0.1, -0.05) is 25.3 Å². The highest BCUT2D eigenvalue weighted by atomic mass is 19.4. The summed E-state index contributed by atoms with van der Waals surface area (Å²) < 4.78 is 38.4. The van der Waals surface area contributed by atoms with Crippen molar-refractivity contribution in [1.29, 1.82) is 0 Å². The van der Waals surface area contributed by atoms with Crippen molar-refractivity contribution in [3.05, 3.63) is 29.8 Å². The molecule has 154 valence electrons. The van der Waals surface area contributed by atoms with Gasteiger partial charge in [-0.3, -0.25) is 9.59 Å². The van der Waals surface area contributed by atoms with E-state index in [2.05, 4.69) is 10.6 Å². The normalized spacial score (nSPS) is 23.8. The molecule has 0 aromatic heterocycles. The van der Waals surface area contributed by atoms with Gasteiger partial charge in [-0.25, -0.2) is 0 Å². The van der Waals surface area contributed by atoms with Gasteiger partial charge in [-0.2, -0.15) is 13.2 Å². The Balaban J connectivity index is 1.48. The van der Waals surface area contributed by atoms with Crippen molar-refractivity contribution in [2.24, 2.45) is 11.8 Å². The molecule has 4 nitrogen and oxygen atoms in total. The predicted octanol–water partition coefficient (Wildman–Crippen LogP) is 4.90. The van der Waals surface area contributed by atoms with Crippen molar-refractivity contribution >= 4 is 17.5 Å². The van der Waals surface area contributed by atoms with Gasteiger partial charge in [0.1, 0.15) is 0 Å². The SMILES string of the molecule is O=C(Nc1cccc(C(F)(F)F)c1)C1CCC(C(=O)NC2CCCCC2)CC1. The highest BCUT2D eigenvalue weighted by molar-refractivity contribution is 5.92. The number of halogens is 3. The van der Waals surface area contributed by atoms with Crippen LogP contribution in [0.1, 0.15) is 63.4 Å². The Hall–Kier alpha value is -2.05. The summed E-state index contributed by atoms with van der Waals surface area (Å²) in [6.45, 7) is 0. The molecule has 1 aromatic rings. The number of amides is 2. The van der Waals surface area contributed by atoms with Gasteiger partial charge in [-0.05, 0) is 56.7 Å². The van der Waals surface area contributed by atoms with Crippen LogP contribution in [0, 0.1) is 11.8 Å². The van der Waals surface area contributed by atoms with Crippen molar-refractivity contribution in [3.63, 3.8) is 0 Å². The van der Waals surface area contributed by atoms with Crippen LogP contribution in [-0.2, 0) is 15.8 Å². The summed E-state index contributed by atoms with van der Waals surface area (Å²) >= 11 is 0. The third-order valence-electron chi connectivity index (χ3n) is 5.88. The zero-order valence-electron chi connectivity index (χ0n) is 15.9. The number of anilines is 1. The van der Waals surface area contributed by atoms with Crippen LogP contribution in [0.3, 0.4) is 0 Å². The monoisotopic (exact) mass is 396 g/mol. The minimum atomic E-state index is -4.44. The first-order chi connectivity index (χ1) is 13.3. The summed E-state index contributed by atoms with van der Waals surface area (Å²) in [6, 6.07) is 4.94. The molecular formula is C21H27F3N2O2. The van der Waals surface area contributed by atoms with E-state index in [1.54, 1.807) is 0 Å². The molecule has 28 heavy (non-hydrogen) atoms. The summed E-state index contributed by atoms with van der Waals surface area (Å²) in [5, 5.41) is 5.74. The third-order valence-corrected chi connectivity index (χ3v) is 5.88. The number of carbonyl (C=O) groups is 2. The Morgan fingerprint density at radius 3 is 2.07 bits per heavy atom. The van der Waals surface area contributed by atoms with Gasteiger partial charge in [0, 0.05) is 23.6 Å². The minimum absolute atomic E-state index is 0.0699. The van der Waals surface area contributed by atoms with Gasteiger partial charge < -0.3 is 10.6 Å². The zero-order chi connectivity index (χ0) is 20.1. The lowest BCUT2D eigenvalue weighted by Crippen LogP contribution is -2.41. The van der Waals surface area contributed by atoms with Crippen LogP contribution < -0.4 is 10.6 Å². The fourth-order valence-corrected chi connectivity index (χ4v) is 4.20. The summed E-state index contributed by atoms with van der Waals surface area (Å²) in [5.74, 6) is -0.526. The summed E-state index contributed by atoms with van der Waals surface area (Å²) in [7, 11) is 0. The molecule has 0 bridgehead atoms. The Kier molecular flexibility index (Phi) is 6.62. The number of alkyl halides is 3. The van der Waals surface area contributed by atoms with Crippen LogP contribution in [0.5, 0.6) is 0 Å². The van der Waals surface area contributed by atoms with Crippen molar-refractivity contribution in [2.45, 2.75) is 70.0 Å². The van der Waals surface area contributed by atoms with Crippen LogP contribution in [0.2, 0.25) is 0 Å². The molecule has 3 rings (SSSR count). The van der Waals surface area contributed by atoms with Gasteiger partial charge >= 0.3 is 6.18 Å². The van der Waals surface area contributed by atoms with Gasteiger partial charge in [-0.15, -0.1) is 0 Å². The second-order valence-electron chi connectivity index (χ2n) is 7.96. The molecule has 7 heteroatoms. The molecule has 0 spiro atoms. The maximum atomic E-state index is 12.8. The molecular weight excluding hydrogens is 369 g/mol. The highest BCUT2D eigenvalue weighted by Gasteiger charge is 2.32. The van der Waals surface area contributed by atoms with E-state index in [1.165, 1.54) is 18.6 Å². The van der Waals surface area contributed by atoms with E-state index in [0.29, 0.717) is 25.7 Å². The maximum absolute atomic E-state index is 12.8. The van der Waals surface area contributed by atoms with Crippen LogP contribution in [0.15, 0.2) is 24.3 Å².